The second-order valence-electron chi connectivity index (χ2n) is 3.42. The van der Waals surface area contributed by atoms with E-state index >= 15 is 0 Å². The maximum absolute atomic E-state index is 5.74. The van der Waals surface area contributed by atoms with Gasteiger partial charge in [-0.15, -0.1) is 0 Å². The molecule has 0 amide bonds. The lowest BCUT2D eigenvalue weighted by Gasteiger charge is -1.97. The summed E-state index contributed by atoms with van der Waals surface area (Å²) in [5.74, 6) is 0.649. The van der Waals surface area contributed by atoms with Gasteiger partial charge in [0.25, 0.3) is 0 Å². The molecule has 0 radical (unpaired) electrons. The van der Waals surface area contributed by atoms with Crippen LogP contribution in [0, 0.1) is 6.92 Å². The summed E-state index contributed by atoms with van der Waals surface area (Å²) < 4.78 is 0. The van der Waals surface area contributed by atoms with Crippen molar-refractivity contribution >= 4 is 0 Å². The highest BCUT2D eigenvalue weighted by molar-refractivity contribution is 5.30. The molecule has 11 heavy (non-hydrogen) atoms. The SMILES string of the molecule is Cc1ccc([C@@H]2C[C@@H]2N)cc1. The maximum Gasteiger partial charge on any atom is 0.0115 e. The fraction of sp³-hybridized carbons (Fsp3) is 0.400. The summed E-state index contributed by atoms with van der Waals surface area (Å²) in [6.07, 6.45) is 1.17. The zero-order valence-corrected chi connectivity index (χ0v) is 6.75. The summed E-state index contributed by atoms with van der Waals surface area (Å²) in [5.41, 5.74) is 8.46. The molecule has 0 spiro atoms. The van der Waals surface area contributed by atoms with E-state index in [1.54, 1.807) is 0 Å². The number of nitrogens with two attached hydrogens (primary N) is 1. The van der Waals surface area contributed by atoms with Crippen LogP contribution in [0.15, 0.2) is 24.3 Å². The van der Waals surface area contributed by atoms with E-state index in [1.165, 1.54) is 17.5 Å². The van der Waals surface area contributed by atoms with Crippen molar-refractivity contribution in [1.82, 2.24) is 0 Å². The third kappa shape index (κ3) is 1.29. The third-order valence-corrected chi connectivity index (χ3v) is 2.35. The molecule has 0 bridgehead atoms. The van der Waals surface area contributed by atoms with Crippen molar-refractivity contribution in [3.05, 3.63) is 35.4 Å². The molecule has 0 unspecified atom stereocenters. The van der Waals surface area contributed by atoms with E-state index in [-0.39, 0.29) is 0 Å². The Hall–Kier alpha value is -0.820. The van der Waals surface area contributed by atoms with Crippen molar-refractivity contribution in [3.63, 3.8) is 0 Å². The minimum Gasteiger partial charge on any atom is -0.327 e. The van der Waals surface area contributed by atoms with Gasteiger partial charge in [0.1, 0.15) is 0 Å². The predicted molar refractivity (Wildman–Crippen MR) is 46.5 cm³/mol. The molecule has 58 valence electrons. The first-order valence-corrected chi connectivity index (χ1v) is 4.09. The first-order chi connectivity index (χ1) is 5.27. The summed E-state index contributed by atoms with van der Waals surface area (Å²) >= 11 is 0. The van der Waals surface area contributed by atoms with E-state index in [0.29, 0.717) is 12.0 Å². The van der Waals surface area contributed by atoms with Crippen LogP contribution >= 0.6 is 0 Å². The lowest BCUT2D eigenvalue weighted by Crippen LogP contribution is -2.00. The number of aryl methyl sites for hydroxylation is 1. The van der Waals surface area contributed by atoms with Crippen LogP contribution < -0.4 is 5.73 Å². The van der Waals surface area contributed by atoms with Crippen LogP contribution in [0.1, 0.15) is 23.5 Å². The molecule has 1 aromatic rings. The van der Waals surface area contributed by atoms with Gasteiger partial charge in [0, 0.05) is 12.0 Å². The lowest BCUT2D eigenvalue weighted by molar-refractivity contribution is 0.989. The number of rotatable bonds is 1. The molecule has 0 aromatic heterocycles. The quantitative estimate of drug-likeness (QED) is 0.644. The second kappa shape index (κ2) is 2.35. The summed E-state index contributed by atoms with van der Waals surface area (Å²) in [6, 6.07) is 9.11. The van der Waals surface area contributed by atoms with Crippen molar-refractivity contribution in [1.29, 1.82) is 0 Å². The van der Waals surface area contributed by atoms with Gasteiger partial charge in [-0.3, -0.25) is 0 Å². The Morgan fingerprint density at radius 3 is 2.27 bits per heavy atom. The Balaban J connectivity index is 2.21. The summed E-state index contributed by atoms with van der Waals surface area (Å²) in [6.45, 7) is 2.11. The van der Waals surface area contributed by atoms with E-state index in [1.807, 2.05) is 0 Å². The van der Waals surface area contributed by atoms with E-state index in [2.05, 4.69) is 31.2 Å². The van der Waals surface area contributed by atoms with Gasteiger partial charge in [-0.2, -0.15) is 0 Å². The van der Waals surface area contributed by atoms with Gasteiger partial charge in [-0.05, 0) is 18.9 Å². The third-order valence-electron chi connectivity index (χ3n) is 2.35. The Labute approximate surface area is 67.2 Å². The molecule has 1 nitrogen and oxygen atoms in total. The molecular weight excluding hydrogens is 134 g/mol. The van der Waals surface area contributed by atoms with Gasteiger partial charge in [0.2, 0.25) is 0 Å². The van der Waals surface area contributed by atoms with Gasteiger partial charge in [-0.25, -0.2) is 0 Å². The zero-order valence-electron chi connectivity index (χ0n) is 6.75. The van der Waals surface area contributed by atoms with Crippen molar-refractivity contribution < 1.29 is 0 Å². The number of hydrogen-bond acceptors (Lipinski definition) is 1. The smallest absolute Gasteiger partial charge is 0.0115 e. The zero-order chi connectivity index (χ0) is 7.84. The Morgan fingerprint density at radius 2 is 1.82 bits per heavy atom. The van der Waals surface area contributed by atoms with Gasteiger partial charge in [-0.1, -0.05) is 29.8 Å². The minimum absolute atomic E-state index is 0.428. The molecule has 1 fully saturated rings. The summed E-state index contributed by atoms with van der Waals surface area (Å²) in [7, 11) is 0. The largest absolute Gasteiger partial charge is 0.327 e. The van der Waals surface area contributed by atoms with Crippen molar-refractivity contribution in [2.24, 2.45) is 5.73 Å². The van der Waals surface area contributed by atoms with Gasteiger partial charge >= 0.3 is 0 Å². The van der Waals surface area contributed by atoms with Crippen LogP contribution in [-0.4, -0.2) is 6.04 Å². The van der Waals surface area contributed by atoms with Crippen LogP contribution in [-0.2, 0) is 0 Å². The van der Waals surface area contributed by atoms with Crippen LogP contribution in [0.2, 0.25) is 0 Å². The Bertz CT molecular complexity index is 250. The van der Waals surface area contributed by atoms with Gasteiger partial charge in [0.05, 0.1) is 0 Å². The molecule has 0 aliphatic heterocycles. The lowest BCUT2D eigenvalue weighted by atomic mass is 10.1. The van der Waals surface area contributed by atoms with E-state index in [9.17, 15) is 0 Å². The standard InChI is InChI=1S/C10H13N/c1-7-2-4-8(5-3-7)9-6-10(9)11/h2-5,9-10H,6,11H2,1H3/t9-,10-/m0/s1. The second-order valence-corrected chi connectivity index (χ2v) is 3.42. The molecule has 2 rings (SSSR count). The number of benzene rings is 1. The predicted octanol–water partition coefficient (Wildman–Crippen LogP) is 1.81. The van der Waals surface area contributed by atoms with Gasteiger partial charge < -0.3 is 5.73 Å². The molecule has 2 N–H and O–H groups in total. The highest BCUT2D eigenvalue weighted by Gasteiger charge is 2.34. The topological polar surface area (TPSA) is 26.0 Å². The maximum atomic E-state index is 5.74. The monoisotopic (exact) mass is 147 g/mol. The van der Waals surface area contributed by atoms with E-state index in [0.717, 1.165) is 0 Å². The first kappa shape index (κ1) is 6.86. The van der Waals surface area contributed by atoms with Crippen LogP contribution in [0.25, 0.3) is 0 Å². The van der Waals surface area contributed by atoms with Crippen LogP contribution in [0.4, 0.5) is 0 Å². The average Bonchev–Trinajstić information content (AvgIpc) is 2.69. The molecule has 2 atom stereocenters. The molecule has 0 heterocycles. The van der Waals surface area contributed by atoms with Crippen LogP contribution in [0.5, 0.6) is 0 Å². The molecule has 1 heteroatoms. The van der Waals surface area contributed by atoms with Crippen molar-refractivity contribution in [2.75, 3.05) is 0 Å². The highest BCUT2D eigenvalue weighted by atomic mass is 14.7. The molecule has 1 aromatic carbocycles. The normalized spacial score (nSPS) is 28.5. The van der Waals surface area contributed by atoms with Crippen LogP contribution in [0.3, 0.4) is 0 Å². The number of hydrogen-bond donors (Lipinski definition) is 1. The molecule has 1 aliphatic carbocycles. The summed E-state index contributed by atoms with van der Waals surface area (Å²) in [5, 5.41) is 0. The summed E-state index contributed by atoms with van der Waals surface area (Å²) in [4.78, 5) is 0. The Kier molecular flexibility index (Phi) is 1.46. The molecule has 0 saturated heterocycles. The first-order valence-electron chi connectivity index (χ1n) is 4.09. The molecule has 1 aliphatic rings. The average molecular weight is 147 g/mol. The molecule has 1 saturated carbocycles. The van der Waals surface area contributed by atoms with E-state index < -0.39 is 0 Å². The van der Waals surface area contributed by atoms with Gasteiger partial charge in [0.15, 0.2) is 0 Å². The minimum atomic E-state index is 0.428. The van der Waals surface area contributed by atoms with E-state index in [4.69, 9.17) is 5.73 Å². The fourth-order valence-corrected chi connectivity index (χ4v) is 1.41. The molecular formula is C10H13N. The van der Waals surface area contributed by atoms with Crippen molar-refractivity contribution in [3.8, 4) is 0 Å². The highest BCUT2D eigenvalue weighted by Crippen LogP contribution is 2.38. The Morgan fingerprint density at radius 1 is 1.27 bits per heavy atom. The van der Waals surface area contributed by atoms with Crippen molar-refractivity contribution in [2.45, 2.75) is 25.3 Å². The fourth-order valence-electron chi connectivity index (χ4n) is 1.41.